The monoisotopic (exact) mass is 256 g/mol. The molecule has 0 bridgehead atoms. The molecule has 0 spiro atoms. The average molecular weight is 256 g/mol. The van der Waals surface area contributed by atoms with Crippen molar-refractivity contribution in [3.63, 3.8) is 0 Å². The minimum absolute atomic E-state index is 0.0311. The van der Waals surface area contributed by atoms with Crippen LogP contribution in [0.1, 0.15) is 32.1 Å². The van der Waals surface area contributed by atoms with Crippen LogP contribution in [-0.4, -0.2) is 23.5 Å². The highest BCUT2D eigenvalue weighted by molar-refractivity contribution is 7.99. The minimum atomic E-state index is -0.0773. The first kappa shape index (κ1) is 14.1. The number of nitrogens with two attached hydrogens (primary N) is 1. The summed E-state index contributed by atoms with van der Waals surface area (Å²) in [7, 11) is 0. The van der Waals surface area contributed by atoms with E-state index >= 15 is 0 Å². The van der Waals surface area contributed by atoms with Crippen LogP contribution < -0.4 is 11.1 Å². The van der Waals surface area contributed by atoms with E-state index in [2.05, 4.69) is 5.32 Å². The van der Waals surface area contributed by atoms with Crippen LogP contribution in [0.15, 0.2) is 22.8 Å². The van der Waals surface area contributed by atoms with Crippen LogP contribution in [0.4, 0.5) is 0 Å². The maximum atomic E-state index is 11.6. The molecule has 2 unspecified atom stereocenters. The van der Waals surface area contributed by atoms with E-state index in [9.17, 15) is 4.79 Å². The highest BCUT2D eigenvalue weighted by atomic mass is 32.2. The van der Waals surface area contributed by atoms with Crippen LogP contribution in [0.5, 0.6) is 0 Å². The third-order valence-corrected chi connectivity index (χ3v) is 3.29. The second-order valence-electron chi connectivity index (χ2n) is 4.12. The lowest BCUT2D eigenvalue weighted by atomic mass is 10.2. The number of furan rings is 1. The molecule has 0 aliphatic heterocycles. The molecular formula is C12H20N2O2S. The molecule has 0 saturated carbocycles. The number of carbonyl (C=O) groups is 1. The Balaban J connectivity index is 2.17. The molecule has 96 valence electrons. The summed E-state index contributed by atoms with van der Waals surface area (Å²) in [6.45, 7) is 3.88. The van der Waals surface area contributed by atoms with E-state index in [0.717, 1.165) is 17.9 Å². The Labute approximate surface area is 106 Å². The topological polar surface area (TPSA) is 68.3 Å². The predicted molar refractivity (Wildman–Crippen MR) is 70.9 cm³/mol. The molecule has 17 heavy (non-hydrogen) atoms. The SMILES string of the molecule is CC(N)CCSCC(=O)NC(C)c1ccco1. The van der Waals surface area contributed by atoms with Crippen LogP contribution in [-0.2, 0) is 4.79 Å². The van der Waals surface area contributed by atoms with Gasteiger partial charge in [-0.1, -0.05) is 0 Å². The molecule has 0 saturated heterocycles. The van der Waals surface area contributed by atoms with Crippen molar-refractivity contribution in [2.75, 3.05) is 11.5 Å². The standard InChI is InChI=1S/C12H20N2O2S/c1-9(13)5-7-17-8-12(15)14-10(2)11-4-3-6-16-11/h3-4,6,9-10H,5,7-8,13H2,1-2H3,(H,14,15). The Morgan fingerprint density at radius 1 is 1.59 bits per heavy atom. The highest BCUT2D eigenvalue weighted by Gasteiger charge is 2.11. The van der Waals surface area contributed by atoms with Crippen molar-refractivity contribution < 1.29 is 9.21 Å². The van der Waals surface area contributed by atoms with Crippen LogP contribution in [0, 0.1) is 0 Å². The Morgan fingerprint density at radius 3 is 2.94 bits per heavy atom. The summed E-state index contributed by atoms with van der Waals surface area (Å²) in [5.74, 6) is 2.19. The van der Waals surface area contributed by atoms with Gasteiger partial charge in [-0.15, -0.1) is 0 Å². The van der Waals surface area contributed by atoms with E-state index in [1.165, 1.54) is 0 Å². The molecule has 1 amide bonds. The molecule has 0 radical (unpaired) electrons. The molecule has 1 rings (SSSR count). The van der Waals surface area contributed by atoms with Crippen LogP contribution in [0.25, 0.3) is 0 Å². The largest absolute Gasteiger partial charge is 0.467 e. The molecule has 0 aromatic carbocycles. The zero-order chi connectivity index (χ0) is 12.7. The summed E-state index contributed by atoms with van der Waals surface area (Å²) in [5.41, 5.74) is 5.63. The molecule has 0 aliphatic carbocycles. The summed E-state index contributed by atoms with van der Waals surface area (Å²) >= 11 is 1.61. The summed E-state index contributed by atoms with van der Waals surface area (Å²) in [6.07, 6.45) is 2.54. The van der Waals surface area contributed by atoms with Crippen molar-refractivity contribution in [3.8, 4) is 0 Å². The van der Waals surface area contributed by atoms with Gasteiger partial charge in [0.2, 0.25) is 5.91 Å². The smallest absolute Gasteiger partial charge is 0.230 e. The number of thioether (sulfide) groups is 1. The van der Waals surface area contributed by atoms with Gasteiger partial charge in [-0.2, -0.15) is 11.8 Å². The van der Waals surface area contributed by atoms with E-state index < -0.39 is 0 Å². The van der Waals surface area contributed by atoms with Gasteiger partial charge in [-0.05, 0) is 38.2 Å². The number of hydrogen-bond acceptors (Lipinski definition) is 4. The van der Waals surface area contributed by atoms with Gasteiger partial charge in [0.25, 0.3) is 0 Å². The van der Waals surface area contributed by atoms with Crippen molar-refractivity contribution in [1.29, 1.82) is 0 Å². The lowest BCUT2D eigenvalue weighted by Gasteiger charge is -2.11. The lowest BCUT2D eigenvalue weighted by Crippen LogP contribution is -2.28. The third kappa shape index (κ3) is 5.79. The van der Waals surface area contributed by atoms with Crippen LogP contribution in [0.3, 0.4) is 0 Å². The van der Waals surface area contributed by atoms with Crippen LogP contribution in [0.2, 0.25) is 0 Å². The zero-order valence-electron chi connectivity index (χ0n) is 10.3. The Morgan fingerprint density at radius 2 is 2.35 bits per heavy atom. The first-order chi connectivity index (χ1) is 8.09. The summed E-state index contributed by atoms with van der Waals surface area (Å²) in [5, 5.41) is 2.89. The van der Waals surface area contributed by atoms with Crippen molar-refractivity contribution in [3.05, 3.63) is 24.2 Å². The average Bonchev–Trinajstić information content (AvgIpc) is 2.77. The highest BCUT2D eigenvalue weighted by Crippen LogP contribution is 2.12. The van der Waals surface area contributed by atoms with Gasteiger partial charge in [-0.3, -0.25) is 4.79 Å². The van der Waals surface area contributed by atoms with Gasteiger partial charge < -0.3 is 15.5 Å². The first-order valence-electron chi connectivity index (χ1n) is 5.75. The number of rotatable bonds is 7. The Kier molecular flexibility index (Phi) is 6.15. The maximum absolute atomic E-state index is 11.6. The van der Waals surface area contributed by atoms with Gasteiger partial charge in [-0.25, -0.2) is 0 Å². The molecule has 2 atom stereocenters. The second kappa shape index (κ2) is 7.40. The fourth-order valence-corrected chi connectivity index (χ4v) is 2.28. The van der Waals surface area contributed by atoms with Gasteiger partial charge in [0.1, 0.15) is 5.76 Å². The van der Waals surface area contributed by atoms with Crippen LogP contribution >= 0.6 is 11.8 Å². The molecule has 4 nitrogen and oxygen atoms in total. The van der Waals surface area contributed by atoms with E-state index in [1.807, 2.05) is 26.0 Å². The molecule has 1 aromatic rings. The summed E-state index contributed by atoms with van der Waals surface area (Å²) in [4.78, 5) is 11.6. The molecule has 3 N–H and O–H groups in total. The molecular weight excluding hydrogens is 236 g/mol. The Bertz CT molecular complexity index is 325. The van der Waals surface area contributed by atoms with Gasteiger partial charge in [0.05, 0.1) is 18.1 Å². The molecule has 1 heterocycles. The first-order valence-corrected chi connectivity index (χ1v) is 6.91. The third-order valence-electron chi connectivity index (χ3n) is 2.30. The van der Waals surface area contributed by atoms with E-state index in [0.29, 0.717) is 5.75 Å². The molecule has 0 fully saturated rings. The fourth-order valence-electron chi connectivity index (χ4n) is 1.33. The predicted octanol–water partition coefficient (Wildman–Crippen LogP) is 1.93. The van der Waals surface area contributed by atoms with Crippen molar-refractivity contribution >= 4 is 17.7 Å². The van der Waals surface area contributed by atoms with Gasteiger partial charge in [0, 0.05) is 6.04 Å². The number of hydrogen-bond donors (Lipinski definition) is 2. The van der Waals surface area contributed by atoms with Gasteiger partial charge in [0.15, 0.2) is 0 Å². The minimum Gasteiger partial charge on any atom is -0.467 e. The lowest BCUT2D eigenvalue weighted by molar-refractivity contribution is -0.119. The Hall–Kier alpha value is -0.940. The molecule has 0 aliphatic rings. The van der Waals surface area contributed by atoms with Crippen molar-refractivity contribution in [1.82, 2.24) is 5.32 Å². The summed E-state index contributed by atoms with van der Waals surface area (Å²) in [6, 6.07) is 3.79. The van der Waals surface area contributed by atoms with E-state index in [-0.39, 0.29) is 18.0 Å². The fraction of sp³-hybridized carbons (Fsp3) is 0.583. The maximum Gasteiger partial charge on any atom is 0.230 e. The number of carbonyl (C=O) groups excluding carboxylic acids is 1. The van der Waals surface area contributed by atoms with Gasteiger partial charge >= 0.3 is 0 Å². The van der Waals surface area contributed by atoms with E-state index in [4.69, 9.17) is 10.2 Å². The molecule has 5 heteroatoms. The number of amides is 1. The van der Waals surface area contributed by atoms with Crippen molar-refractivity contribution in [2.24, 2.45) is 5.73 Å². The summed E-state index contributed by atoms with van der Waals surface area (Å²) < 4.78 is 5.22. The van der Waals surface area contributed by atoms with Crippen molar-refractivity contribution in [2.45, 2.75) is 32.4 Å². The van der Waals surface area contributed by atoms with E-state index in [1.54, 1.807) is 18.0 Å². The molecule has 1 aromatic heterocycles. The quantitative estimate of drug-likeness (QED) is 0.731. The second-order valence-corrected chi connectivity index (χ2v) is 5.23. The zero-order valence-corrected chi connectivity index (χ0v) is 11.1. The normalized spacial score (nSPS) is 14.3. The number of nitrogens with one attached hydrogen (secondary N) is 1.